The maximum atomic E-state index is 12.2. The van der Waals surface area contributed by atoms with Crippen molar-refractivity contribution in [3.63, 3.8) is 0 Å². The third-order valence-corrected chi connectivity index (χ3v) is 5.97. The van der Waals surface area contributed by atoms with E-state index in [0.717, 1.165) is 0 Å². The number of ether oxygens (including phenoxy) is 2. The molecule has 0 bridgehead atoms. The number of benzene rings is 1. The number of rotatable bonds is 8. The molecule has 1 heterocycles. The fraction of sp³-hybridized carbons (Fsp3) is 0.682. The fourth-order valence-electron chi connectivity index (χ4n) is 3.26. The number of phosphoric acid groups is 1. The summed E-state index contributed by atoms with van der Waals surface area (Å²) in [6.07, 6.45) is -5.76. The van der Waals surface area contributed by atoms with Crippen molar-refractivity contribution in [2.24, 2.45) is 5.92 Å². The lowest BCUT2D eigenvalue weighted by atomic mass is 9.92. The minimum Gasteiger partial charge on any atom is -0.479 e. The van der Waals surface area contributed by atoms with Gasteiger partial charge in [0, 0.05) is 11.5 Å². The topological polar surface area (TPSA) is 164 Å². The maximum Gasteiger partial charge on any atom is 0.473 e. The second-order valence-corrected chi connectivity index (χ2v) is 11.8. The van der Waals surface area contributed by atoms with Gasteiger partial charge >= 0.3 is 13.8 Å². The van der Waals surface area contributed by atoms with E-state index >= 15 is 0 Å². The summed E-state index contributed by atoms with van der Waals surface area (Å²) in [6, 6.07) is 4.84. The quantitative estimate of drug-likeness (QED) is 0.330. The predicted octanol–water partition coefficient (Wildman–Crippen LogP) is 2.88. The van der Waals surface area contributed by atoms with E-state index in [1.807, 2.05) is 20.8 Å². The summed E-state index contributed by atoms with van der Waals surface area (Å²) >= 11 is 0. The lowest BCUT2D eigenvalue weighted by Crippen LogP contribution is -2.57. The van der Waals surface area contributed by atoms with E-state index in [1.165, 1.54) is 0 Å². The second kappa shape index (κ2) is 10.5. The van der Waals surface area contributed by atoms with Crippen LogP contribution >= 0.6 is 7.82 Å². The third kappa shape index (κ3) is 8.20. The maximum absolute atomic E-state index is 12.2. The lowest BCUT2D eigenvalue weighted by molar-refractivity contribution is -0.251. The molecule has 2 rings (SSSR count). The molecule has 12 heteroatoms. The smallest absolute Gasteiger partial charge is 0.473 e. The van der Waals surface area contributed by atoms with Gasteiger partial charge in [-0.05, 0) is 59.2 Å². The van der Waals surface area contributed by atoms with E-state index < -0.39 is 55.5 Å². The number of anilines is 1. The number of aliphatic hydroxyl groups excluding tert-OH is 2. The van der Waals surface area contributed by atoms with Crippen molar-refractivity contribution >= 4 is 19.5 Å². The van der Waals surface area contributed by atoms with Crippen LogP contribution < -0.4 is 10.1 Å². The molecule has 1 fully saturated rings. The third-order valence-electron chi connectivity index (χ3n) is 4.73. The van der Waals surface area contributed by atoms with Crippen molar-refractivity contribution < 1.29 is 48.1 Å². The average molecular weight is 506 g/mol. The van der Waals surface area contributed by atoms with Crippen molar-refractivity contribution in [2.75, 3.05) is 5.32 Å². The summed E-state index contributed by atoms with van der Waals surface area (Å²) in [6.45, 7) is 12.0. The van der Waals surface area contributed by atoms with Gasteiger partial charge in [0.25, 0.3) is 0 Å². The molecule has 0 saturated carbocycles. The van der Waals surface area contributed by atoms with Crippen LogP contribution in [0.25, 0.3) is 0 Å². The molecule has 1 aromatic carbocycles. The number of aliphatic carboxylic acids is 1. The number of aliphatic hydroxyl groups is 2. The van der Waals surface area contributed by atoms with Crippen LogP contribution in [0.2, 0.25) is 0 Å². The summed E-state index contributed by atoms with van der Waals surface area (Å²) < 4.78 is 33.7. The Labute approximate surface area is 199 Å². The molecule has 0 amide bonds. The van der Waals surface area contributed by atoms with Crippen molar-refractivity contribution in [3.05, 3.63) is 23.8 Å². The molecule has 1 aromatic rings. The molecule has 0 radical (unpaired) electrons. The highest BCUT2D eigenvalue weighted by molar-refractivity contribution is 7.47. The molecule has 194 valence electrons. The summed E-state index contributed by atoms with van der Waals surface area (Å²) in [5.41, 5.74) is -0.245. The second-order valence-electron chi connectivity index (χ2n) is 10.4. The summed E-state index contributed by atoms with van der Waals surface area (Å²) in [4.78, 5) is 21.4. The zero-order chi connectivity index (χ0) is 26.1. The molecule has 6 unspecified atom stereocenters. The molecular formula is C22H36NO10P. The molecule has 0 aromatic heterocycles. The molecule has 6 atom stereocenters. The van der Waals surface area contributed by atoms with Crippen LogP contribution in [0.1, 0.15) is 54.0 Å². The number of hydrogen-bond acceptors (Lipinski definition) is 9. The molecule has 34 heavy (non-hydrogen) atoms. The van der Waals surface area contributed by atoms with E-state index in [2.05, 4.69) is 5.32 Å². The first-order valence-electron chi connectivity index (χ1n) is 10.9. The molecule has 1 saturated heterocycles. The van der Waals surface area contributed by atoms with Gasteiger partial charge in [-0.1, -0.05) is 13.0 Å². The van der Waals surface area contributed by atoms with Gasteiger partial charge in [-0.15, -0.1) is 0 Å². The normalized spacial score (nSPS) is 27.6. The van der Waals surface area contributed by atoms with Crippen LogP contribution in [0, 0.1) is 5.92 Å². The molecule has 1 aliphatic heterocycles. The SMILES string of the molecule is CC1C(Oc2ccc(COP(=O)(O)OC(C)(C)C)cc2NC(C)(C)C)OC(C(=O)O)C(O)C1O. The number of carboxylic acids is 1. The molecule has 1 aliphatic rings. The number of phosphoric ester groups is 1. The first-order chi connectivity index (χ1) is 15.4. The summed E-state index contributed by atoms with van der Waals surface area (Å²) in [5, 5.41) is 32.8. The first-order valence-corrected chi connectivity index (χ1v) is 12.4. The van der Waals surface area contributed by atoms with Crippen LogP contribution in [0.3, 0.4) is 0 Å². The Balaban J connectivity index is 2.27. The van der Waals surface area contributed by atoms with Gasteiger partial charge in [-0.3, -0.25) is 9.05 Å². The average Bonchev–Trinajstić information content (AvgIpc) is 2.65. The predicted molar refractivity (Wildman–Crippen MR) is 123 cm³/mol. The van der Waals surface area contributed by atoms with Gasteiger partial charge in [-0.2, -0.15) is 0 Å². The lowest BCUT2D eigenvalue weighted by Gasteiger charge is -2.39. The molecule has 0 aliphatic carbocycles. The number of nitrogens with one attached hydrogen (secondary N) is 1. The van der Waals surface area contributed by atoms with Crippen molar-refractivity contribution in [1.29, 1.82) is 0 Å². The Hall–Kier alpha value is -1.72. The van der Waals surface area contributed by atoms with Crippen molar-refractivity contribution in [3.8, 4) is 5.75 Å². The van der Waals surface area contributed by atoms with Crippen LogP contribution in [-0.4, -0.2) is 61.9 Å². The van der Waals surface area contributed by atoms with Gasteiger partial charge in [0.2, 0.25) is 6.29 Å². The fourth-order valence-corrected chi connectivity index (χ4v) is 4.32. The van der Waals surface area contributed by atoms with Gasteiger partial charge in [0.15, 0.2) is 6.10 Å². The summed E-state index contributed by atoms with van der Waals surface area (Å²) in [5.74, 6) is -1.86. The Bertz CT molecular complexity index is 910. The zero-order valence-electron chi connectivity index (χ0n) is 20.5. The van der Waals surface area contributed by atoms with Crippen molar-refractivity contribution in [1.82, 2.24) is 0 Å². The standard InChI is InChI=1S/C22H36NO10P/c1-12-16(24)17(25)18(19(26)27)32-20(12)31-15-9-8-13(10-14(15)23-21(2,3)4)11-30-34(28,29)33-22(5,6)7/h8-10,12,16-18,20,23-25H,11H2,1-7H3,(H,26,27)(H,28,29). The Morgan fingerprint density at radius 2 is 1.76 bits per heavy atom. The Morgan fingerprint density at radius 3 is 2.29 bits per heavy atom. The molecule has 5 N–H and O–H groups in total. The van der Waals surface area contributed by atoms with Crippen LogP contribution in [0.15, 0.2) is 18.2 Å². The highest BCUT2D eigenvalue weighted by Gasteiger charge is 2.46. The Morgan fingerprint density at radius 1 is 1.15 bits per heavy atom. The monoisotopic (exact) mass is 505 g/mol. The van der Waals surface area contributed by atoms with Crippen LogP contribution in [0.5, 0.6) is 5.75 Å². The van der Waals surface area contributed by atoms with E-state index in [0.29, 0.717) is 17.0 Å². The first kappa shape index (κ1) is 28.5. The molecular weight excluding hydrogens is 469 g/mol. The zero-order valence-corrected chi connectivity index (χ0v) is 21.4. The number of carbonyl (C=O) groups is 1. The Kier molecular flexibility index (Phi) is 8.80. The van der Waals surface area contributed by atoms with Gasteiger partial charge in [-0.25, -0.2) is 9.36 Å². The van der Waals surface area contributed by atoms with Crippen molar-refractivity contribution in [2.45, 2.75) is 90.8 Å². The number of carboxylic acid groups (broad SMARTS) is 1. The molecule has 0 spiro atoms. The van der Waals surface area contributed by atoms with Gasteiger partial charge in [0.05, 0.1) is 24.0 Å². The highest BCUT2D eigenvalue weighted by atomic mass is 31.2. The molecule has 11 nitrogen and oxygen atoms in total. The van der Waals surface area contributed by atoms with E-state index in [4.69, 9.17) is 18.5 Å². The van der Waals surface area contributed by atoms with Crippen LogP contribution in [0.4, 0.5) is 5.69 Å². The van der Waals surface area contributed by atoms with E-state index in [1.54, 1.807) is 45.9 Å². The summed E-state index contributed by atoms with van der Waals surface area (Å²) in [7, 11) is -4.29. The van der Waals surface area contributed by atoms with Gasteiger partial charge in [0.1, 0.15) is 11.9 Å². The highest BCUT2D eigenvalue weighted by Crippen LogP contribution is 2.48. The van der Waals surface area contributed by atoms with E-state index in [-0.39, 0.29) is 6.61 Å². The largest absolute Gasteiger partial charge is 0.479 e. The van der Waals surface area contributed by atoms with E-state index in [9.17, 15) is 29.6 Å². The minimum absolute atomic E-state index is 0.217. The van der Waals surface area contributed by atoms with Gasteiger partial charge < -0.3 is 35.0 Å². The van der Waals surface area contributed by atoms with Crippen LogP contribution in [-0.2, 0) is 29.8 Å². The number of hydrogen-bond donors (Lipinski definition) is 5. The minimum atomic E-state index is -4.29.